The number of nitrogen functional groups attached to an aromatic ring is 1. The van der Waals surface area contributed by atoms with E-state index >= 15 is 0 Å². The number of urea groups is 1. The van der Waals surface area contributed by atoms with E-state index in [1.165, 1.54) is 0 Å². The average molecular weight is 285 g/mol. The van der Waals surface area contributed by atoms with Crippen LogP contribution < -0.4 is 21.1 Å². The molecule has 2 aromatic carbocycles. The van der Waals surface area contributed by atoms with Crippen LogP contribution in [0.2, 0.25) is 0 Å². The number of ether oxygens (including phenoxy) is 1. The van der Waals surface area contributed by atoms with Crippen molar-refractivity contribution in [2.24, 2.45) is 0 Å². The number of anilines is 3. The van der Waals surface area contributed by atoms with E-state index in [1.54, 1.807) is 31.4 Å². The van der Waals surface area contributed by atoms with E-state index in [2.05, 4.69) is 10.6 Å². The summed E-state index contributed by atoms with van der Waals surface area (Å²) < 4.78 is 5.12. The Morgan fingerprint density at radius 2 is 1.90 bits per heavy atom. The van der Waals surface area contributed by atoms with Crippen LogP contribution in [-0.2, 0) is 0 Å². The summed E-state index contributed by atoms with van der Waals surface area (Å²) in [4.78, 5) is 12.1. The van der Waals surface area contributed by atoms with Crippen LogP contribution in [-0.4, -0.2) is 13.1 Å². The fraction of sp³-hybridized carbons (Fsp3) is 0.188. The first-order valence-corrected chi connectivity index (χ1v) is 6.59. The summed E-state index contributed by atoms with van der Waals surface area (Å²) >= 11 is 0. The lowest BCUT2D eigenvalue weighted by Gasteiger charge is -2.14. The molecule has 2 aromatic rings. The molecule has 0 bridgehead atoms. The molecule has 0 radical (unpaired) electrons. The molecular weight excluding hydrogens is 266 g/mol. The van der Waals surface area contributed by atoms with Crippen molar-refractivity contribution in [2.45, 2.75) is 13.8 Å². The number of benzene rings is 2. The van der Waals surface area contributed by atoms with E-state index in [-0.39, 0.29) is 6.03 Å². The fourth-order valence-electron chi connectivity index (χ4n) is 1.98. The van der Waals surface area contributed by atoms with E-state index in [1.807, 2.05) is 26.0 Å². The normalized spacial score (nSPS) is 10.0. The number of nitrogens with two attached hydrogens (primary N) is 1. The van der Waals surface area contributed by atoms with E-state index in [9.17, 15) is 4.79 Å². The predicted octanol–water partition coefficient (Wildman–Crippen LogP) is 3.54. The van der Waals surface area contributed by atoms with Gasteiger partial charge in [-0.05, 0) is 43.2 Å². The van der Waals surface area contributed by atoms with Gasteiger partial charge < -0.3 is 21.1 Å². The number of carbonyl (C=O) groups is 1. The second kappa shape index (κ2) is 6.17. The van der Waals surface area contributed by atoms with Crippen molar-refractivity contribution in [1.82, 2.24) is 0 Å². The molecule has 0 spiro atoms. The zero-order chi connectivity index (χ0) is 15.4. The summed E-state index contributed by atoms with van der Waals surface area (Å²) in [6.07, 6.45) is 0. The van der Waals surface area contributed by atoms with Crippen molar-refractivity contribution in [3.05, 3.63) is 47.5 Å². The van der Waals surface area contributed by atoms with E-state index < -0.39 is 0 Å². The van der Waals surface area contributed by atoms with Crippen LogP contribution in [0.15, 0.2) is 36.4 Å². The van der Waals surface area contributed by atoms with E-state index in [4.69, 9.17) is 10.5 Å². The van der Waals surface area contributed by atoms with Crippen LogP contribution in [0.25, 0.3) is 0 Å². The van der Waals surface area contributed by atoms with Crippen LogP contribution in [0.3, 0.4) is 0 Å². The van der Waals surface area contributed by atoms with Gasteiger partial charge in [0.2, 0.25) is 0 Å². The molecule has 0 aliphatic rings. The van der Waals surface area contributed by atoms with E-state index in [0.717, 1.165) is 11.1 Å². The molecule has 0 aliphatic heterocycles. The fourth-order valence-corrected chi connectivity index (χ4v) is 1.98. The minimum absolute atomic E-state index is 0.344. The van der Waals surface area contributed by atoms with Gasteiger partial charge in [-0.15, -0.1) is 0 Å². The Bertz CT molecular complexity index is 669. The molecule has 2 amide bonds. The van der Waals surface area contributed by atoms with Crippen LogP contribution in [0.5, 0.6) is 5.75 Å². The van der Waals surface area contributed by atoms with E-state index in [0.29, 0.717) is 22.8 Å². The summed E-state index contributed by atoms with van der Waals surface area (Å²) in [7, 11) is 1.58. The number of amides is 2. The molecule has 0 unspecified atom stereocenters. The summed E-state index contributed by atoms with van der Waals surface area (Å²) in [6.45, 7) is 3.90. The van der Waals surface area contributed by atoms with Crippen LogP contribution in [0.1, 0.15) is 11.1 Å². The van der Waals surface area contributed by atoms with Gasteiger partial charge in [0.05, 0.1) is 18.5 Å². The zero-order valence-electron chi connectivity index (χ0n) is 12.4. The second-order valence-corrected chi connectivity index (χ2v) is 4.78. The topological polar surface area (TPSA) is 76.4 Å². The Morgan fingerprint density at radius 1 is 1.14 bits per heavy atom. The Morgan fingerprint density at radius 3 is 2.62 bits per heavy atom. The van der Waals surface area contributed by atoms with Gasteiger partial charge in [-0.1, -0.05) is 12.1 Å². The van der Waals surface area contributed by atoms with Crippen molar-refractivity contribution in [2.75, 3.05) is 23.5 Å². The van der Waals surface area contributed by atoms with Gasteiger partial charge in [0.15, 0.2) is 0 Å². The van der Waals surface area contributed by atoms with Crippen LogP contribution in [0, 0.1) is 13.8 Å². The lowest BCUT2D eigenvalue weighted by molar-refractivity contribution is 0.262. The zero-order valence-corrected chi connectivity index (χ0v) is 12.4. The van der Waals surface area contributed by atoms with Crippen molar-refractivity contribution in [3.63, 3.8) is 0 Å². The molecule has 5 nitrogen and oxygen atoms in total. The Labute approximate surface area is 124 Å². The number of aryl methyl sites for hydroxylation is 1. The lowest BCUT2D eigenvalue weighted by Crippen LogP contribution is -2.21. The van der Waals surface area contributed by atoms with Crippen LogP contribution in [0.4, 0.5) is 21.9 Å². The Balaban J connectivity index is 2.13. The number of carbonyl (C=O) groups excluding carboxylic acids is 1. The molecule has 0 saturated carbocycles. The van der Waals surface area contributed by atoms with Gasteiger partial charge >= 0.3 is 6.03 Å². The predicted molar refractivity (Wildman–Crippen MR) is 86.0 cm³/mol. The molecule has 0 atom stereocenters. The molecule has 2 rings (SSSR count). The van der Waals surface area contributed by atoms with Gasteiger partial charge in [0.1, 0.15) is 5.75 Å². The molecule has 0 heterocycles. The minimum Gasteiger partial charge on any atom is -0.497 e. The SMILES string of the molecule is COc1cccc(NC(=O)Nc2c(N)ccc(C)c2C)c1. The van der Waals surface area contributed by atoms with Crippen molar-refractivity contribution >= 4 is 23.1 Å². The average Bonchev–Trinajstić information content (AvgIpc) is 2.48. The Hall–Kier alpha value is -2.69. The minimum atomic E-state index is -0.344. The molecule has 21 heavy (non-hydrogen) atoms. The number of hydrogen-bond acceptors (Lipinski definition) is 3. The number of rotatable bonds is 3. The number of nitrogens with one attached hydrogen (secondary N) is 2. The lowest BCUT2D eigenvalue weighted by atomic mass is 10.1. The molecule has 110 valence electrons. The number of methoxy groups -OCH3 is 1. The molecule has 4 N–H and O–H groups in total. The molecule has 5 heteroatoms. The highest BCUT2D eigenvalue weighted by Crippen LogP contribution is 2.26. The highest BCUT2D eigenvalue weighted by atomic mass is 16.5. The number of hydrogen-bond donors (Lipinski definition) is 3. The van der Waals surface area contributed by atoms with Gasteiger partial charge in [-0.3, -0.25) is 0 Å². The third-order valence-corrected chi connectivity index (χ3v) is 3.33. The summed E-state index contributed by atoms with van der Waals surface area (Å²) in [5.41, 5.74) is 9.76. The van der Waals surface area contributed by atoms with Gasteiger partial charge in [-0.25, -0.2) is 4.79 Å². The molecule has 0 fully saturated rings. The summed E-state index contributed by atoms with van der Waals surface area (Å²) in [6, 6.07) is 10.5. The first-order chi connectivity index (χ1) is 10.0. The van der Waals surface area contributed by atoms with Gasteiger partial charge in [-0.2, -0.15) is 0 Å². The molecular formula is C16H19N3O2. The monoisotopic (exact) mass is 285 g/mol. The molecule has 0 aromatic heterocycles. The largest absolute Gasteiger partial charge is 0.497 e. The Kier molecular flexibility index (Phi) is 4.33. The first-order valence-electron chi connectivity index (χ1n) is 6.59. The second-order valence-electron chi connectivity index (χ2n) is 4.78. The first kappa shape index (κ1) is 14.7. The molecule has 0 saturated heterocycles. The smallest absolute Gasteiger partial charge is 0.323 e. The summed E-state index contributed by atoms with van der Waals surface area (Å²) in [5, 5.41) is 5.54. The highest BCUT2D eigenvalue weighted by Gasteiger charge is 2.10. The standard InChI is InChI=1S/C16H19N3O2/c1-10-7-8-14(17)15(11(10)2)19-16(20)18-12-5-4-6-13(9-12)21-3/h4-9H,17H2,1-3H3,(H2,18,19,20). The van der Waals surface area contributed by atoms with Crippen molar-refractivity contribution in [3.8, 4) is 5.75 Å². The maximum Gasteiger partial charge on any atom is 0.323 e. The quantitative estimate of drug-likeness (QED) is 0.755. The van der Waals surface area contributed by atoms with Crippen LogP contribution >= 0.6 is 0 Å². The maximum absolute atomic E-state index is 12.1. The van der Waals surface area contributed by atoms with Gasteiger partial charge in [0.25, 0.3) is 0 Å². The van der Waals surface area contributed by atoms with Crippen molar-refractivity contribution in [1.29, 1.82) is 0 Å². The maximum atomic E-state index is 12.1. The third kappa shape index (κ3) is 3.45. The van der Waals surface area contributed by atoms with Crippen molar-refractivity contribution < 1.29 is 9.53 Å². The van der Waals surface area contributed by atoms with Gasteiger partial charge in [0, 0.05) is 11.8 Å². The highest BCUT2D eigenvalue weighted by molar-refractivity contribution is 6.02. The molecule has 0 aliphatic carbocycles. The summed E-state index contributed by atoms with van der Waals surface area (Å²) in [5.74, 6) is 0.680. The third-order valence-electron chi connectivity index (χ3n) is 3.33.